The second-order valence-corrected chi connectivity index (χ2v) is 2.32. The summed E-state index contributed by atoms with van der Waals surface area (Å²) in [7, 11) is 0. The molecule has 0 radical (unpaired) electrons. The lowest BCUT2D eigenvalue weighted by Gasteiger charge is -1.99. The lowest BCUT2D eigenvalue weighted by atomic mass is 10.2. The molecule has 0 unspecified atom stereocenters. The molecule has 0 aromatic heterocycles. The average molecular weight is 175 g/mol. The molecule has 0 spiro atoms. The molecular formula is C7H4ClFO2. The Kier molecular flexibility index (Phi) is 2.10. The molecule has 0 bridgehead atoms. The molecule has 0 aliphatic carbocycles. The van der Waals surface area contributed by atoms with Crippen molar-refractivity contribution in [1.82, 2.24) is 0 Å². The summed E-state index contributed by atoms with van der Waals surface area (Å²) >= 11 is 5.44. The predicted molar refractivity (Wildman–Crippen MR) is 38.5 cm³/mol. The summed E-state index contributed by atoms with van der Waals surface area (Å²) in [6.07, 6.45) is 0.306. The van der Waals surface area contributed by atoms with Crippen LogP contribution in [-0.2, 0) is 0 Å². The average Bonchev–Trinajstić information content (AvgIpc) is 1.99. The van der Waals surface area contributed by atoms with Gasteiger partial charge in [0.15, 0.2) is 17.9 Å². The van der Waals surface area contributed by atoms with E-state index in [1.54, 1.807) is 0 Å². The molecule has 0 saturated heterocycles. The molecule has 4 heteroatoms. The van der Waals surface area contributed by atoms with E-state index in [1.165, 1.54) is 6.07 Å². The van der Waals surface area contributed by atoms with Crippen LogP contribution in [0.2, 0.25) is 5.02 Å². The van der Waals surface area contributed by atoms with Gasteiger partial charge in [-0.05, 0) is 12.1 Å². The maximum Gasteiger partial charge on any atom is 0.165 e. The molecule has 58 valence electrons. The van der Waals surface area contributed by atoms with Crippen molar-refractivity contribution in [3.8, 4) is 5.75 Å². The third-order valence-corrected chi connectivity index (χ3v) is 1.56. The van der Waals surface area contributed by atoms with E-state index in [2.05, 4.69) is 0 Å². The SMILES string of the molecule is O=Cc1c(Cl)ccc(F)c1O. The highest BCUT2D eigenvalue weighted by atomic mass is 35.5. The van der Waals surface area contributed by atoms with Crippen LogP contribution in [0.5, 0.6) is 5.75 Å². The number of hydrogen-bond acceptors (Lipinski definition) is 2. The summed E-state index contributed by atoms with van der Waals surface area (Å²) in [4.78, 5) is 10.2. The highest BCUT2D eigenvalue weighted by molar-refractivity contribution is 6.33. The zero-order chi connectivity index (χ0) is 8.43. The van der Waals surface area contributed by atoms with Gasteiger partial charge in [0.1, 0.15) is 0 Å². The lowest BCUT2D eigenvalue weighted by molar-refractivity contribution is 0.112. The van der Waals surface area contributed by atoms with Crippen molar-refractivity contribution >= 4 is 17.9 Å². The van der Waals surface area contributed by atoms with E-state index in [0.29, 0.717) is 6.29 Å². The summed E-state index contributed by atoms with van der Waals surface area (Å²) in [6.45, 7) is 0. The van der Waals surface area contributed by atoms with Gasteiger partial charge in [0.05, 0.1) is 10.6 Å². The number of aldehydes is 1. The summed E-state index contributed by atoms with van der Waals surface area (Å²) in [5.74, 6) is -1.55. The van der Waals surface area contributed by atoms with Crippen LogP contribution in [0.15, 0.2) is 12.1 Å². The first kappa shape index (κ1) is 8.01. The molecule has 0 saturated carbocycles. The Morgan fingerprint density at radius 2 is 2.18 bits per heavy atom. The third-order valence-electron chi connectivity index (χ3n) is 1.23. The second kappa shape index (κ2) is 2.88. The summed E-state index contributed by atoms with van der Waals surface area (Å²) in [6, 6.07) is 2.20. The number of benzene rings is 1. The maximum absolute atomic E-state index is 12.5. The zero-order valence-corrected chi connectivity index (χ0v) is 6.10. The van der Waals surface area contributed by atoms with Gasteiger partial charge in [-0.1, -0.05) is 11.6 Å². The van der Waals surface area contributed by atoms with Crippen molar-refractivity contribution < 1.29 is 14.3 Å². The van der Waals surface area contributed by atoms with E-state index in [1.807, 2.05) is 0 Å². The number of aromatic hydroxyl groups is 1. The van der Waals surface area contributed by atoms with Crippen molar-refractivity contribution in [2.75, 3.05) is 0 Å². The Labute approximate surface area is 67.2 Å². The molecule has 1 rings (SSSR count). The number of carbonyl (C=O) groups is 1. The minimum absolute atomic E-state index is 0.0406. The van der Waals surface area contributed by atoms with Crippen LogP contribution in [0.25, 0.3) is 0 Å². The number of rotatable bonds is 1. The maximum atomic E-state index is 12.5. The molecule has 0 amide bonds. The quantitative estimate of drug-likeness (QED) is 0.662. The minimum Gasteiger partial charge on any atom is -0.504 e. The number of phenolic OH excluding ortho intramolecular Hbond substituents is 1. The topological polar surface area (TPSA) is 37.3 Å². The molecule has 11 heavy (non-hydrogen) atoms. The van der Waals surface area contributed by atoms with Crippen LogP contribution >= 0.6 is 11.6 Å². The monoisotopic (exact) mass is 174 g/mol. The van der Waals surface area contributed by atoms with E-state index in [0.717, 1.165) is 6.07 Å². The van der Waals surface area contributed by atoms with E-state index in [9.17, 15) is 9.18 Å². The van der Waals surface area contributed by atoms with Crippen LogP contribution in [0, 0.1) is 5.82 Å². The van der Waals surface area contributed by atoms with Crippen LogP contribution in [0.1, 0.15) is 10.4 Å². The fraction of sp³-hybridized carbons (Fsp3) is 0. The van der Waals surface area contributed by atoms with Gasteiger partial charge in [-0.25, -0.2) is 4.39 Å². The van der Waals surface area contributed by atoms with Gasteiger partial charge >= 0.3 is 0 Å². The largest absolute Gasteiger partial charge is 0.504 e. The van der Waals surface area contributed by atoms with Crippen molar-refractivity contribution in [2.24, 2.45) is 0 Å². The second-order valence-electron chi connectivity index (χ2n) is 1.91. The molecular weight excluding hydrogens is 171 g/mol. The molecule has 0 aliphatic rings. The highest BCUT2D eigenvalue weighted by Crippen LogP contribution is 2.26. The van der Waals surface area contributed by atoms with Crippen LogP contribution < -0.4 is 0 Å². The normalized spacial score (nSPS) is 9.64. The molecule has 0 fully saturated rings. The number of carbonyl (C=O) groups excluding carboxylic acids is 1. The Balaban J connectivity index is 3.40. The molecule has 0 heterocycles. The van der Waals surface area contributed by atoms with Gasteiger partial charge in [0, 0.05) is 0 Å². The zero-order valence-electron chi connectivity index (χ0n) is 5.34. The Morgan fingerprint density at radius 1 is 1.55 bits per heavy atom. The number of hydrogen-bond donors (Lipinski definition) is 1. The fourth-order valence-corrected chi connectivity index (χ4v) is 0.866. The molecule has 1 N–H and O–H groups in total. The minimum atomic E-state index is -0.850. The van der Waals surface area contributed by atoms with Crippen molar-refractivity contribution in [1.29, 1.82) is 0 Å². The van der Waals surface area contributed by atoms with E-state index in [4.69, 9.17) is 16.7 Å². The number of halogens is 2. The smallest absolute Gasteiger partial charge is 0.165 e. The summed E-state index contributed by atoms with van der Waals surface area (Å²) < 4.78 is 12.5. The van der Waals surface area contributed by atoms with E-state index < -0.39 is 11.6 Å². The van der Waals surface area contributed by atoms with Crippen LogP contribution in [-0.4, -0.2) is 11.4 Å². The first-order valence-electron chi connectivity index (χ1n) is 2.79. The third kappa shape index (κ3) is 1.33. The van der Waals surface area contributed by atoms with Gasteiger partial charge < -0.3 is 5.11 Å². The predicted octanol–water partition coefficient (Wildman–Crippen LogP) is 2.00. The van der Waals surface area contributed by atoms with Gasteiger partial charge in [-0.15, -0.1) is 0 Å². The van der Waals surface area contributed by atoms with E-state index in [-0.39, 0.29) is 10.6 Å². The van der Waals surface area contributed by atoms with Gasteiger partial charge in [0.2, 0.25) is 0 Å². The van der Waals surface area contributed by atoms with Crippen molar-refractivity contribution in [3.05, 3.63) is 28.5 Å². The molecule has 2 nitrogen and oxygen atoms in total. The highest BCUT2D eigenvalue weighted by Gasteiger charge is 2.09. The van der Waals surface area contributed by atoms with Crippen molar-refractivity contribution in [2.45, 2.75) is 0 Å². The van der Waals surface area contributed by atoms with E-state index >= 15 is 0 Å². The number of phenols is 1. The summed E-state index contributed by atoms with van der Waals surface area (Å²) in [5.41, 5.74) is -0.216. The molecule has 0 aliphatic heterocycles. The first-order chi connectivity index (χ1) is 5.16. The standard InChI is InChI=1S/C7H4ClFO2/c8-5-1-2-6(9)7(11)4(5)3-10/h1-3,11H. The van der Waals surface area contributed by atoms with Gasteiger partial charge in [-0.3, -0.25) is 4.79 Å². The molecule has 1 aromatic rings. The summed E-state index contributed by atoms with van der Waals surface area (Å²) in [5, 5.41) is 8.93. The fourth-order valence-electron chi connectivity index (χ4n) is 0.669. The molecule has 0 atom stereocenters. The first-order valence-corrected chi connectivity index (χ1v) is 3.16. The van der Waals surface area contributed by atoms with Crippen LogP contribution in [0.4, 0.5) is 4.39 Å². The Bertz CT molecular complexity index is 299. The van der Waals surface area contributed by atoms with Crippen LogP contribution in [0.3, 0.4) is 0 Å². The Hall–Kier alpha value is -1.09. The van der Waals surface area contributed by atoms with Crippen molar-refractivity contribution in [3.63, 3.8) is 0 Å². The van der Waals surface area contributed by atoms with Gasteiger partial charge in [0.25, 0.3) is 0 Å². The lowest BCUT2D eigenvalue weighted by Crippen LogP contribution is -1.86. The van der Waals surface area contributed by atoms with Gasteiger partial charge in [-0.2, -0.15) is 0 Å². The Morgan fingerprint density at radius 3 is 2.64 bits per heavy atom. The molecule has 1 aromatic carbocycles.